The van der Waals surface area contributed by atoms with Crippen LogP contribution in [0.5, 0.6) is 0 Å². The first-order chi connectivity index (χ1) is 6.38. The van der Waals surface area contributed by atoms with Crippen molar-refractivity contribution in [2.24, 2.45) is 0 Å². The van der Waals surface area contributed by atoms with E-state index in [1.165, 1.54) is 0 Å². The van der Waals surface area contributed by atoms with E-state index in [2.05, 4.69) is 14.4 Å². The van der Waals surface area contributed by atoms with Crippen molar-refractivity contribution in [3.05, 3.63) is 16.5 Å². The van der Waals surface area contributed by atoms with Gasteiger partial charge in [-0.15, -0.1) is 0 Å². The predicted molar refractivity (Wildman–Crippen MR) is 37.9 cm³/mol. The molecular formula is C6H3ClF3NO3. The van der Waals surface area contributed by atoms with E-state index in [1.807, 2.05) is 0 Å². The Kier molecular flexibility index (Phi) is 2.70. The van der Waals surface area contributed by atoms with Crippen LogP contribution in [0.2, 0.25) is 5.15 Å². The summed E-state index contributed by atoms with van der Waals surface area (Å²) >= 11 is 5.22. The first kappa shape index (κ1) is 10.8. The summed E-state index contributed by atoms with van der Waals surface area (Å²) in [4.78, 5) is 10.9. The van der Waals surface area contributed by atoms with Crippen LogP contribution >= 0.6 is 11.6 Å². The molecule has 78 valence electrons. The number of alkyl halides is 3. The molecule has 0 N–H and O–H groups in total. The van der Waals surface area contributed by atoms with Crippen LogP contribution in [-0.4, -0.2) is 18.2 Å². The summed E-state index contributed by atoms with van der Waals surface area (Å²) in [6.45, 7) is 0. The minimum Gasteiger partial charge on any atom is -0.465 e. The number of aromatic nitrogens is 1. The number of hydrogen-bond donors (Lipinski definition) is 0. The average molecular weight is 230 g/mol. The van der Waals surface area contributed by atoms with Gasteiger partial charge in [-0.3, -0.25) is 0 Å². The Morgan fingerprint density at radius 2 is 2.14 bits per heavy atom. The van der Waals surface area contributed by atoms with Gasteiger partial charge in [-0.1, -0.05) is 16.8 Å². The molecule has 0 saturated heterocycles. The van der Waals surface area contributed by atoms with Gasteiger partial charge in [0.1, 0.15) is 0 Å². The highest BCUT2D eigenvalue weighted by Gasteiger charge is 2.42. The predicted octanol–water partition coefficient (Wildman–Crippen LogP) is 2.13. The Hall–Kier alpha value is -1.24. The second kappa shape index (κ2) is 3.49. The summed E-state index contributed by atoms with van der Waals surface area (Å²) in [7, 11) is 0.922. The molecule has 0 atom stereocenters. The van der Waals surface area contributed by atoms with Crippen LogP contribution in [0.15, 0.2) is 4.52 Å². The molecule has 0 radical (unpaired) electrons. The highest BCUT2D eigenvalue weighted by atomic mass is 35.5. The van der Waals surface area contributed by atoms with Gasteiger partial charge in [0, 0.05) is 0 Å². The third kappa shape index (κ3) is 1.82. The molecule has 0 saturated carbocycles. The van der Waals surface area contributed by atoms with E-state index in [0.717, 1.165) is 7.11 Å². The van der Waals surface area contributed by atoms with Crippen molar-refractivity contribution < 1.29 is 27.2 Å². The van der Waals surface area contributed by atoms with E-state index in [1.54, 1.807) is 0 Å². The molecule has 8 heteroatoms. The standard InChI is InChI=1S/C6H3ClF3NO3/c1-13-5(12)2-3(6(8,9)10)14-11-4(2)7/h1H3. The lowest BCUT2D eigenvalue weighted by molar-refractivity contribution is -0.156. The van der Waals surface area contributed by atoms with Crippen molar-refractivity contribution in [2.45, 2.75) is 6.18 Å². The number of nitrogens with zero attached hydrogens (tertiary/aromatic N) is 1. The van der Waals surface area contributed by atoms with Crippen molar-refractivity contribution >= 4 is 17.6 Å². The van der Waals surface area contributed by atoms with Crippen molar-refractivity contribution in [1.82, 2.24) is 5.16 Å². The van der Waals surface area contributed by atoms with Gasteiger partial charge in [0.2, 0.25) is 0 Å². The zero-order valence-corrected chi connectivity index (χ0v) is 7.44. The minimum absolute atomic E-state index is 0.677. The van der Waals surface area contributed by atoms with Crippen LogP contribution in [0.3, 0.4) is 0 Å². The van der Waals surface area contributed by atoms with Gasteiger partial charge in [-0.2, -0.15) is 13.2 Å². The Morgan fingerprint density at radius 3 is 2.57 bits per heavy atom. The quantitative estimate of drug-likeness (QED) is 0.692. The molecule has 1 heterocycles. The summed E-state index contributed by atoms with van der Waals surface area (Å²) in [6, 6.07) is 0. The van der Waals surface area contributed by atoms with Crippen LogP contribution in [-0.2, 0) is 10.9 Å². The number of carbonyl (C=O) groups excluding carboxylic acids is 1. The van der Waals surface area contributed by atoms with Crippen molar-refractivity contribution in [1.29, 1.82) is 0 Å². The fourth-order valence-electron chi connectivity index (χ4n) is 0.743. The molecule has 0 fully saturated rings. The Bertz CT molecular complexity index is 360. The maximum absolute atomic E-state index is 12.2. The first-order valence-corrected chi connectivity index (χ1v) is 3.56. The van der Waals surface area contributed by atoms with E-state index in [-0.39, 0.29) is 0 Å². The number of halogens is 4. The van der Waals surface area contributed by atoms with E-state index in [0.29, 0.717) is 0 Å². The lowest BCUT2D eigenvalue weighted by Gasteiger charge is -2.02. The second-order valence-corrected chi connectivity index (χ2v) is 2.52. The maximum Gasteiger partial charge on any atom is 0.453 e. The number of esters is 1. The zero-order chi connectivity index (χ0) is 10.9. The lowest BCUT2D eigenvalue weighted by atomic mass is 10.2. The van der Waals surface area contributed by atoms with Crippen LogP contribution in [0, 0.1) is 0 Å². The molecule has 0 aliphatic rings. The molecule has 0 spiro atoms. The summed E-state index contributed by atoms with van der Waals surface area (Å²) in [5.74, 6) is -2.81. The average Bonchev–Trinajstić information content (AvgIpc) is 2.45. The summed E-state index contributed by atoms with van der Waals surface area (Å²) in [5.41, 5.74) is -0.915. The van der Waals surface area contributed by atoms with Crippen molar-refractivity contribution in [3.8, 4) is 0 Å². The van der Waals surface area contributed by atoms with E-state index in [4.69, 9.17) is 11.6 Å². The molecule has 0 aliphatic carbocycles. The monoisotopic (exact) mass is 229 g/mol. The first-order valence-electron chi connectivity index (χ1n) is 3.18. The van der Waals surface area contributed by atoms with Crippen LogP contribution < -0.4 is 0 Å². The van der Waals surface area contributed by atoms with Crippen molar-refractivity contribution in [3.63, 3.8) is 0 Å². The Labute approximate surface area is 80.6 Å². The Morgan fingerprint density at radius 1 is 1.57 bits per heavy atom. The third-order valence-electron chi connectivity index (χ3n) is 1.30. The van der Waals surface area contributed by atoms with E-state index < -0.39 is 28.6 Å². The number of carbonyl (C=O) groups is 1. The molecule has 14 heavy (non-hydrogen) atoms. The fourth-order valence-corrected chi connectivity index (χ4v) is 0.941. The normalized spacial score (nSPS) is 11.5. The van der Waals surface area contributed by atoms with Gasteiger partial charge in [0.05, 0.1) is 7.11 Å². The number of hydrogen-bond acceptors (Lipinski definition) is 4. The highest BCUT2D eigenvalue weighted by molar-refractivity contribution is 6.32. The maximum atomic E-state index is 12.2. The van der Waals surface area contributed by atoms with Gasteiger partial charge in [0.15, 0.2) is 10.7 Å². The van der Waals surface area contributed by atoms with Gasteiger partial charge in [-0.05, 0) is 0 Å². The molecule has 0 unspecified atom stereocenters. The Balaban J connectivity index is 3.26. The molecule has 1 rings (SSSR count). The van der Waals surface area contributed by atoms with Crippen LogP contribution in [0.4, 0.5) is 13.2 Å². The van der Waals surface area contributed by atoms with E-state index >= 15 is 0 Å². The SMILES string of the molecule is COC(=O)c1c(Cl)noc1C(F)(F)F. The second-order valence-electron chi connectivity index (χ2n) is 2.17. The molecule has 1 aromatic rings. The zero-order valence-electron chi connectivity index (χ0n) is 6.68. The molecule has 4 nitrogen and oxygen atoms in total. The van der Waals surface area contributed by atoms with Crippen LogP contribution in [0.25, 0.3) is 0 Å². The molecular weight excluding hydrogens is 227 g/mol. The van der Waals surface area contributed by atoms with E-state index in [9.17, 15) is 18.0 Å². The van der Waals surface area contributed by atoms with Gasteiger partial charge in [-0.25, -0.2) is 4.79 Å². The fraction of sp³-hybridized carbons (Fsp3) is 0.333. The summed E-state index contributed by atoms with van der Waals surface area (Å²) in [6.07, 6.45) is -4.83. The highest BCUT2D eigenvalue weighted by Crippen LogP contribution is 2.35. The number of rotatable bonds is 1. The molecule has 0 amide bonds. The minimum atomic E-state index is -4.83. The molecule has 0 bridgehead atoms. The summed E-state index contributed by atoms with van der Waals surface area (Å²) in [5, 5.41) is 2.14. The summed E-state index contributed by atoms with van der Waals surface area (Å²) < 4.78 is 44.4. The molecule has 1 aromatic heterocycles. The largest absolute Gasteiger partial charge is 0.465 e. The smallest absolute Gasteiger partial charge is 0.453 e. The van der Waals surface area contributed by atoms with Gasteiger partial charge < -0.3 is 9.26 Å². The number of methoxy groups -OCH3 is 1. The van der Waals surface area contributed by atoms with Crippen molar-refractivity contribution in [2.75, 3.05) is 7.11 Å². The van der Waals surface area contributed by atoms with Gasteiger partial charge in [0.25, 0.3) is 5.76 Å². The third-order valence-corrected chi connectivity index (χ3v) is 1.56. The number of ether oxygens (including phenoxy) is 1. The lowest BCUT2D eigenvalue weighted by Crippen LogP contribution is -2.11. The molecule has 0 aliphatic heterocycles. The van der Waals surface area contributed by atoms with Crippen LogP contribution in [0.1, 0.15) is 16.1 Å². The topological polar surface area (TPSA) is 52.3 Å². The molecule has 0 aromatic carbocycles. The van der Waals surface area contributed by atoms with Gasteiger partial charge >= 0.3 is 12.1 Å².